The molecule has 12 heteroatoms. The van der Waals surface area contributed by atoms with Crippen molar-refractivity contribution in [3.05, 3.63) is 64.8 Å². The SMILES string of the molecule is CC(C)(C)ON1CC(=O)C2=C(C1)Nc1c(c[nH]c1C(=O)O)C2c1ccc(Sc2nc3cc(O)ccc3[nH]2)o1. The number of ketones is 1. The molecule has 0 saturated heterocycles. The topological polar surface area (TPSA) is 157 Å². The average Bonchev–Trinajstić information content (AvgIpc) is 3.54. The summed E-state index contributed by atoms with van der Waals surface area (Å²) in [6.07, 6.45) is 1.60. The van der Waals surface area contributed by atoms with Gasteiger partial charge in [-0.15, -0.1) is 0 Å². The zero-order chi connectivity index (χ0) is 26.8. The molecule has 1 atom stereocenters. The van der Waals surface area contributed by atoms with Crippen LogP contribution >= 0.6 is 11.8 Å². The summed E-state index contributed by atoms with van der Waals surface area (Å²) in [6.45, 7) is 6.05. The maximum absolute atomic E-state index is 13.5. The van der Waals surface area contributed by atoms with Gasteiger partial charge in [0.25, 0.3) is 0 Å². The number of aromatic amines is 2. The number of hydroxylamine groups is 2. The standard InChI is InChI=1S/C26H25N5O6S/c1-26(2,3)37-31-10-16-21(17(33)11-31)20(13-9-27-23(24(34)35)22(13)28-16)18-6-7-19(36-18)38-25-29-14-5-4-12(32)8-15(14)30-25/h4-9,20,27-28,32H,10-11H2,1-3H3,(H,29,30)(H,34,35). The number of fused-ring (bicyclic) bond motifs is 2. The van der Waals surface area contributed by atoms with E-state index in [9.17, 15) is 19.8 Å². The second kappa shape index (κ2) is 8.79. The minimum Gasteiger partial charge on any atom is -0.508 e. The molecule has 0 radical (unpaired) electrons. The number of phenols is 1. The van der Waals surface area contributed by atoms with Crippen molar-refractivity contribution in [1.82, 2.24) is 20.0 Å². The molecule has 4 aromatic rings. The summed E-state index contributed by atoms with van der Waals surface area (Å²) in [5, 5.41) is 25.4. The Morgan fingerprint density at radius 3 is 2.82 bits per heavy atom. The van der Waals surface area contributed by atoms with Gasteiger partial charge in [0, 0.05) is 29.1 Å². The molecule has 1 unspecified atom stereocenters. The molecule has 11 nitrogen and oxygen atoms in total. The second-order valence-electron chi connectivity index (χ2n) is 10.2. The van der Waals surface area contributed by atoms with Crippen molar-refractivity contribution in [3.63, 3.8) is 0 Å². The molecule has 0 bridgehead atoms. The summed E-state index contributed by atoms with van der Waals surface area (Å²) in [7, 11) is 0. The highest BCUT2D eigenvalue weighted by molar-refractivity contribution is 7.99. The molecule has 38 heavy (non-hydrogen) atoms. The Bertz CT molecular complexity index is 1620. The Hall–Kier alpha value is -4.00. The number of Topliss-reactive ketones (excluding diaryl/α,β-unsaturated/α-hetero) is 1. The number of furan rings is 1. The van der Waals surface area contributed by atoms with Crippen molar-refractivity contribution >= 4 is 40.2 Å². The molecule has 0 amide bonds. The number of phenolic OH excluding ortho intramolecular Hbond substituents is 1. The minimum absolute atomic E-state index is 0.00421. The number of benzene rings is 1. The smallest absolute Gasteiger partial charge is 0.354 e. The molecule has 1 aromatic carbocycles. The number of nitrogens with one attached hydrogen (secondary N) is 3. The number of nitrogens with zero attached hydrogens (tertiary/aromatic N) is 2. The number of carbonyl (C=O) groups excluding carboxylic acids is 1. The molecule has 6 rings (SSSR count). The lowest BCUT2D eigenvalue weighted by Crippen LogP contribution is -2.45. The third-order valence-corrected chi connectivity index (χ3v) is 7.02. The van der Waals surface area contributed by atoms with E-state index in [1.54, 1.807) is 41.6 Å². The predicted octanol–water partition coefficient (Wildman–Crippen LogP) is 4.47. The van der Waals surface area contributed by atoms with E-state index in [0.29, 0.717) is 44.0 Å². The van der Waals surface area contributed by atoms with Crippen LogP contribution in [0, 0.1) is 0 Å². The number of hydrogen-bond donors (Lipinski definition) is 5. The van der Waals surface area contributed by atoms with Gasteiger partial charge in [0.05, 0.1) is 41.3 Å². The largest absolute Gasteiger partial charge is 0.508 e. The summed E-state index contributed by atoms with van der Waals surface area (Å²) in [6, 6.07) is 8.48. The first-order valence-electron chi connectivity index (χ1n) is 11.9. The van der Waals surface area contributed by atoms with Gasteiger partial charge in [-0.25, -0.2) is 9.78 Å². The van der Waals surface area contributed by atoms with Crippen LogP contribution in [0.4, 0.5) is 5.69 Å². The molecule has 0 spiro atoms. The summed E-state index contributed by atoms with van der Waals surface area (Å²) >= 11 is 1.27. The minimum atomic E-state index is -1.11. The van der Waals surface area contributed by atoms with Gasteiger partial charge in [-0.2, -0.15) is 5.06 Å². The first kappa shape index (κ1) is 24.3. The average molecular weight is 536 g/mol. The van der Waals surface area contributed by atoms with Crippen molar-refractivity contribution in [2.45, 2.75) is 42.5 Å². The molecular weight excluding hydrogens is 510 g/mol. The van der Waals surface area contributed by atoms with Crippen LogP contribution in [0.2, 0.25) is 0 Å². The molecule has 5 heterocycles. The van der Waals surface area contributed by atoms with Gasteiger partial charge in [0.1, 0.15) is 17.2 Å². The van der Waals surface area contributed by atoms with Crippen LogP contribution in [0.3, 0.4) is 0 Å². The van der Waals surface area contributed by atoms with Gasteiger partial charge >= 0.3 is 5.97 Å². The van der Waals surface area contributed by atoms with Gasteiger partial charge < -0.3 is 29.9 Å². The van der Waals surface area contributed by atoms with E-state index in [0.717, 1.165) is 5.52 Å². The lowest BCUT2D eigenvalue weighted by atomic mass is 9.81. The Labute approximate surface area is 220 Å². The highest BCUT2D eigenvalue weighted by atomic mass is 32.2. The van der Waals surface area contributed by atoms with Gasteiger partial charge in [-0.05, 0) is 56.8 Å². The summed E-state index contributed by atoms with van der Waals surface area (Å²) < 4.78 is 6.21. The monoisotopic (exact) mass is 535 g/mol. The number of aromatic carboxylic acids is 1. The van der Waals surface area contributed by atoms with Crippen LogP contribution in [0.15, 0.2) is 62.5 Å². The first-order chi connectivity index (χ1) is 18.1. The van der Waals surface area contributed by atoms with Gasteiger partial charge in [-0.1, -0.05) is 0 Å². The Morgan fingerprint density at radius 2 is 2.05 bits per heavy atom. The number of rotatable bonds is 5. The van der Waals surface area contributed by atoms with Crippen molar-refractivity contribution in [2.75, 3.05) is 18.4 Å². The number of hydrogen-bond acceptors (Lipinski definition) is 9. The second-order valence-corrected chi connectivity index (χ2v) is 11.2. The van der Waals surface area contributed by atoms with Crippen LogP contribution in [0.5, 0.6) is 5.75 Å². The fraction of sp³-hybridized carbons (Fsp3) is 0.269. The van der Waals surface area contributed by atoms with E-state index < -0.39 is 17.5 Å². The van der Waals surface area contributed by atoms with E-state index in [2.05, 4.69) is 20.3 Å². The van der Waals surface area contributed by atoms with Crippen molar-refractivity contribution < 1.29 is 29.1 Å². The molecule has 0 saturated carbocycles. The molecule has 196 valence electrons. The molecule has 5 N–H and O–H groups in total. The first-order valence-corrected chi connectivity index (χ1v) is 12.8. The number of carbonyl (C=O) groups is 2. The molecule has 0 fully saturated rings. The third-order valence-electron chi connectivity index (χ3n) is 6.21. The number of carboxylic acids is 1. The Morgan fingerprint density at radius 1 is 1.24 bits per heavy atom. The molecule has 0 aliphatic carbocycles. The maximum atomic E-state index is 13.5. The molecule has 2 aliphatic rings. The summed E-state index contributed by atoms with van der Waals surface area (Å²) in [4.78, 5) is 41.8. The van der Waals surface area contributed by atoms with Crippen LogP contribution in [0.25, 0.3) is 11.0 Å². The molecule has 3 aromatic heterocycles. The number of carboxylic acid groups (broad SMARTS) is 1. The van der Waals surface area contributed by atoms with Crippen LogP contribution in [-0.4, -0.2) is 60.7 Å². The van der Waals surface area contributed by atoms with Crippen molar-refractivity contribution in [2.24, 2.45) is 0 Å². The Kier molecular flexibility index (Phi) is 5.63. The lowest BCUT2D eigenvalue weighted by molar-refractivity contribution is -0.223. The number of aromatic nitrogens is 3. The molecular formula is C26H25N5O6S. The van der Waals surface area contributed by atoms with Gasteiger partial charge in [-0.3, -0.25) is 9.63 Å². The predicted molar refractivity (Wildman–Crippen MR) is 138 cm³/mol. The zero-order valence-corrected chi connectivity index (χ0v) is 21.6. The third kappa shape index (κ3) is 4.36. The van der Waals surface area contributed by atoms with Crippen LogP contribution < -0.4 is 5.32 Å². The Balaban J connectivity index is 1.37. The number of aromatic hydroxyl groups is 1. The normalized spacial score (nSPS) is 18.0. The molecule has 2 aliphatic heterocycles. The number of imidazole rings is 1. The van der Waals surface area contributed by atoms with Crippen molar-refractivity contribution in [1.29, 1.82) is 0 Å². The van der Waals surface area contributed by atoms with E-state index >= 15 is 0 Å². The summed E-state index contributed by atoms with van der Waals surface area (Å²) in [5.74, 6) is -1.22. The van der Waals surface area contributed by atoms with E-state index in [4.69, 9.17) is 9.25 Å². The van der Waals surface area contributed by atoms with Crippen molar-refractivity contribution in [3.8, 4) is 5.75 Å². The number of H-pyrrole nitrogens is 2. The van der Waals surface area contributed by atoms with Gasteiger partial charge in [0.2, 0.25) is 0 Å². The highest BCUT2D eigenvalue weighted by Gasteiger charge is 2.41. The number of anilines is 1. The maximum Gasteiger partial charge on any atom is 0.354 e. The summed E-state index contributed by atoms with van der Waals surface area (Å²) in [5.41, 5.74) is 3.02. The fourth-order valence-corrected chi connectivity index (χ4v) is 5.62. The lowest BCUT2D eigenvalue weighted by Gasteiger charge is -2.38. The van der Waals surface area contributed by atoms with Crippen LogP contribution in [0.1, 0.15) is 48.5 Å². The van der Waals surface area contributed by atoms with Gasteiger partial charge in [0.15, 0.2) is 16.0 Å². The fourth-order valence-electron chi connectivity index (χ4n) is 4.86. The quantitative estimate of drug-likeness (QED) is 0.247. The van der Waals surface area contributed by atoms with Crippen LogP contribution in [-0.2, 0) is 9.63 Å². The van der Waals surface area contributed by atoms with E-state index in [1.165, 1.54) is 11.8 Å². The zero-order valence-electron chi connectivity index (χ0n) is 20.8. The van der Waals surface area contributed by atoms with E-state index in [1.807, 2.05) is 20.8 Å². The highest BCUT2D eigenvalue weighted by Crippen LogP contribution is 2.46. The van der Waals surface area contributed by atoms with E-state index in [-0.39, 0.29) is 30.3 Å².